The van der Waals surface area contributed by atoms with Crippen molar-refractivity contribution >= 4 is 11.6 Å². The first-order valence-electron chi connectivity index (χ1n) is 10.4. The molecule has 0 spiro atoms. The molecule has 4 rings (SSSR count). The first kappa shape index (κ1) is 23.8. The van der Waals surface area contributed by atoms with Crippen LogP contribution in [0.25, 0.3) is 5.69 Å². The molecule has 10 heteroatoms. The number of pyridine rings is 1. The average Bonchev–Trinajstić information content (AvgIpc) is 2.83. The third kappa shape index (κ3) is 5.26. The summed E-state index contributed by atoms with van der Waals surface area (Å²) in [6, 6.07) is 15.7. The lowest BCUT2D eigenvalue weighted by atomic mass is 10.2. The van der Waals surface area contributed by atoms with Gasteiger partial charge in [0.05, 0.1) is 23.5 Å². The van der Waals surface area contributed by atoms with Crippen molar-refractivity contribution in [2.45, 2.75) is 19.6 Å². The molecule has 0 atom stereocenters. The quantitative estimate of drug-likeness (QED) is 0.378. The lowest BCUT2D eigenvalue weighted by Gasteiger charge is -2.22. The van der Waals surface area contributed by atoms with Gasteiger partial charge in [0, 0.05) is 23.6 Å². The summed E-state index contributed by atoms with van der Waals surface area (Å²) >= 11 is 0. The summed E-state index contributed by atoms with van der Waals surface area (Å²) in [4.78, 5) is 31.7. The second kappa shape index (κ2) is 9.49. The second-order valence-corrected chi connectivity index (χ2v) is 7.65. The van der Waals surface area contributed by atoms with Crippen LogP contribution in [0, 0.1) is 12.7 Å². The summed E-state index contributed by atoms with van der Waals surface area (Å²) in [6.07, 6.45) is -3.04. The van der Waals surface area contributed by atoms with Crippen LogP contribution in [-0.2, 0) is 12.7 Å². The van der Waals surface area contributed by atoms with Gasteiger partial charge in [-0.3, -0.25) is 14.6 Å². The first-order chi connectivity index (χ1) is 16.6. The van der Waals surface area contributed by atoms with Crippen LogP contribution in [0.1, 0.15) is 27.4 Å². The highest BCUT2D eigenvalue weighted by molar-refractivity contribution is 6.04. The number of carbonyl (C=O) groups is 1. The predicted octanol–water partition coefficient (Wildman–Crippen LogP) is 4.94. The maximum absolute atomic E-state index is 13.5. The van der Waals surface area contributed by atoms with Crippen molar-refractivity contribution in [2.75, 3.05) is 4.90 Å². The van der Waals surface area contributed by atoms with E-state index < -0.39 is 34.6 Å². The maximum Gasteiger partial charge on any atom is 0.416 e. The van der Waals surface area contributed by atoms with Gasteiger partial charge in [0.1, 0.15) is 5.82 Å². The number of hydrogen-bond acceptors (Lipinski definition) is 4. The second-order valence-electron chi connectivity index (χ2n) is 7.65. The third-order valence-corrected chi connectivity index (χ3v) is 5.16. The zero-order valence-electron chi connectivity index (χ0n) is 18.3. The number of aryl methyl sites for hydroxylation is 1. The summed E-state index contributed by atoms with van der Waals surface area (Å²) in [7, 11) is 0. The molecular weight excluding hydrogens is 464 g/mol. The van der Waals surface area contributed by atoms with E-state index >= 15 is 0 Å². The molecule has 0 aliphatic rings. The van der Waals surface area contributed by atoms with Gasteiger partial charge in [0.2, 0.25) is 5.43 Å². The lowest BCUT2D eigenvalue weighted by molar-refractivity contribution is -0.137. The molecule has 0 fully saturated rings. The SMILES string of the molecule is Cc1cc(=O)c(C(=O)N(Cc2ccccn2)c2ccc(F)cc2)nn1-c1cccc(C(F)(F)F)c1. The predicted molar refractivity (Wildman–Crippen MR) is 121 cm³/mol. The average molecular weight is 482 g/mol. The van der Waals surface area contributed by atoms with E-state index in [4.69, 9.17) is 0 Å². The number of aromatic nitrogens is 3. The standard InChI is InChI=1S/C25H18F4N4O2/c1-16-13-22(34)23(31-33(16)21-7-4-5-17(14-21)25(27,28)29)24(35)32(15-19-6-2-3-12-30-19)20-10-8-18(26)9-11-20/h2-14H,15H2,1H3. The molecule has 0 aliphatic carbocycles. The largest absolute Gasteiger partial charge is 0.416 e. The highest BCUT2D eigenvalue weighted by Crippen LogP contribution is 2.30. The fourth-order valence-corrected chi connectivity index (χ4v) is 3.45. The Morgan fingerprint density at radius 3 is 2.40 bits per heavy atom. The normalized spacial score (nSPS) is 11.3. The van der Waals surface area contributed by atoms with Gasteiger partial charge in [-0.25, -0.2) is 9.07 Å². The van der Waals surface area contributed by atoms with E-state index in [-0.39, 0.29) is 23.6 Å². The molecule has 0 radical (unpaired) electrons. The summed E-state index contributed by atoms with van der Waals surface area (Å²) in [6.45, 7) is 1.44. The Morgan fingerprint density at radius 1 is 1.00 bits per heavy atom. The van der Waals surface area contributed by atoms with Crippen LogP contribution >= 0.6 is 0 Å². The minimum absolute atomic E-state index is 0.0319. The molecule has 178 valence electrons. The topological polar surface area (TPSA) is 68.1 Å². The van der Waals surface area contributed by atoms with Gasteiger partial charge >= 0.3 is 6.18 Å². The monoisotopic (exact) mass is 482 g/mol. The molecule has 0 aliphatic heterocycles. The molecule has 4 aromatic rings. The highest BCUT2D eigenvalue weighted by atomic mass is 19.4. The number of carbonyl (C=O) groups excluding carboxylic acids is 1. The number of nitrogens with zero attached hydrogens (tertiary/aromatic N) is 4. The molecular formula is C25H18F4N4O2. The first-order valence-corrected chi connectivity index (χ1v) is 10.4. The Bertz CT molecular complexity index is 1420. The molecule has 0 bridgehead atoms. The van der Waals surface area contributed by atoms with Crippen molar-refractivity contribution in [1.29, 1.82) is 0 Å². The van der Waals surface area contributed by atoms with E-state index in [2.05, 4.69) is 10.1 Å². The number of benzene rings is 2. The molecule has 0 N–H and O–H groups in total. The molecule has 1 amide bonds. The smallest absolute Gasteiger partial charge is 0.301 e. The van der Waals surface area contributed by atoms with Crippen LogP contribution in [0.15, 0.2) is 83.8 Å². The van der Waals surface area contributed by atoms with E-state index in [0.717, 1.165) is 35.0 Å². The van der Waals surface area contributed by atoms with Gasteiger partial charge in [0.15, 0.2) is 5.69 Å². The van der Waals surface area contributed by atoms with Gasteiger partial charge in [0.25, 0.3) is 5.91 Å². The molecule has 2 aromatic carbocycles. The van der Waals surface area contributed by atoms with E-state index in [9.17, 15) is 27.2 Å². The highest BCUT2D eigenvalue weighted by Gasteiger charge is 2.31. The number of halogens is 4. The molecule has 2 heterocycles. The number of rotatable bonds is 5. The van der Waals surface area contributed by atoms with E-state index in [1.54, 1.807) is 18.2 Å². The van der Waals surface area contributed by atoms with E-state index in [1.165, 1.54) is 42.3 Å². The van der Waals surface area contributed by atoms with E-state index in [1.807, 2.05) is 0 Å². The Balaban J connectivity index is 1.80. The van der Waals surface area contributed by atoms with Crippen molar-refractivity contribution in [3.63, 3.8) is 0 Å². The molecule has 35 heavy (non-hydrogen) atoms. The Hall–Kier alpha value is -4.34. The Kier molecular flexibility index (Phi) is 6.46. The van der Waals surface area contributed by atoms with Crippen LogP contribution in [0.4, 0.5) is 23.2 Å². The molecule has 2 aromatic heterocycles. The molecule has 0 saturated carbocycles. The fourth-order valence-electron chi connectivity index (χ4n) is 3.45. The Morgan fingerprint density at radius 2 is 1.74 bits per heavy atom. The van der Waals surface area contributed by atoms with Crippen molar-refractivity contribution in [3.8, 4) is 5.69 Å². The molecule has 6 nitrogen and oxygen atoms in total. The molecule has 0 saturated heterocycles. The van der Waals surface area contributed by atoms with Crippen LogP contribution < -0.4 is 10.3 Å². The van der Waals surface area contributed by atoms with Gasteiger partial charge < -0.3 is 4.90 Å². The maximum atomic E-state index is 13.5. The van der Waals surface area contributed by atoms with Crippen molar-refractivity contribution < 1.29 is 22.4 Å². The summed E-state index contributed by atoms with van der Waals surface area (Å²) in [5, 5.41) is 4.12. The minimum atomic E-state index is -4.58. The van der Waals surface area contributed by atoms with Crippen molar-refractivity contribution in [2.24, 2.45) is 0 Å². The van der Waals surface area contributed by atoms with Crippen molar-refractivity contribution in [3.05, 3.63) is 118 Å². The van der Waals surface area contributed by atoms with Crippen LogP contribution in [-0.4, -0.2) is 20.7 Å². The van der Waals surface area contributed by atoms with Gasteiger partial charge in [-0.1, -0.05) is 12.1 Å². The number of amides is 1. The zero-order chi connectivity index (χ0) is 25.2. The van der Waals surface area contributed by atoms with Crippen LogP contribution in [0.2, 0.25) is 0 Å². The number of anilines is 1. The summed E-state index contributed by atoms with van der Waals surface area (Å²) in [5.74, 6) is -1.33. The number of alkyl halides is 3. The zero-order valence-corrected chi connectivity index (χ0v) is 18.3. The van der Waals surface area contributed by atoms with Crippen molar-refractivity contribution in [1.82, 2.24) is 14.8 Å². The van der Waals surface area contributed by atoms with Gasteiger partial charge in [-0.15, -0.1) is 0 Å². The third-order valence-electron chi connectivity index (χ3n) is 5.16. The Labute approximate surface area is 197 Å². The summed E-state index contributed by atoms with van der Waals surface area (Å²) in [5.41, 5.74) is -1.05. The van der Waals surface area contributed by atoms with Crippen LogP contribution in [0.3, 0.4) is 0 Å². The fraction of sp³-hybridized carbons (Fsp3) is 0.120. The summed E-state index contributed by atoms with van der Waals surface area (Å²) < 4.78 is 54.2. The van der Waals surface area contributed by atoms with Gasteiger partial charge in [-0.2, -0.15) is 18.3 Å². The molecule has 0 unspecified atom stereocenters. The lowest BCUT2D eigenvalue weighted by Crippen LogP contribution is -2.36. The number of hydrogen-bond donors (Lipinski definition) is 0. The van der Waals surface area contributed by atoms with Gasteiger partial charge in [-0.05, 0) is 61.5 Å². The van der Waals surface area contributed by atoms with Crippen LogP contribution in [0.5, 0.6) is 0 Å². The minimum Gasteiger partial charge on any atom is -0.301 e. The van der Waals surface area contributed by atoms with E-state index in [0.29, 0.717) is 5.69 Å².